The molecule has 0 heterocycles. The molecule has 6 rings (SSSR count). The van der Waals surface area contributed by atoms with Crippen molar-refractivity contribution in [2.75, 3.05) is 0 Å². The maximum Gasteiger partial charge on any atom is 0.310 e. The van der Waals surface area contributed by atoms with Crippen LogP contribution in [-0.2, 0) is 10.1 Å². The van der Waals surface area contributed by atoms with Crippen molar-refractivity contribution in [2.45, 2.75) is 44.3 Å². The van der Waals surface area contributed by atoms with Crippen LogP contribution in [0.4, 0.5) is 0 Å². The number of benzene rings is 5. The Labute approximate surface area is 226 Å². The van der Waals surface area contributed by atoms with Crippen molar-refractivity contribution in [3.63, 3.8) is 0 Å². The summed E-state index contributed by atoms with van der Waals surface area (Å²) in [5.74, 6) is 0. The maximum atomic E-state index is 10.8. The third-order valence-corrected chi connectivity index (χ3v) is 8.58. The van der Waals surface area contributed by atoms with E-state index in [2.05, 4.69) is 115 Å². The van der Waals surface area contributed by atoms with E-state index in [4.69, 9.17) is 4.65 Å². The van der Waals surface area contributed by atoms with Crippen LogP contribution in [-0.4, -0.2) is 23.8 Å². The van der Waals surface area contributed by atoms with Crippen LogP contribution < -0.4 is 5.46 Å². The Morgan fingerprint density at radius 3 is 1.87 bits per heavy atom. The monoisotopic (exact) mass is 496 g/mol. The highest BCUT2D eigenvalue weighted by molar-refractivity contribution is 6.50. The molecule has 0 saturated carbocycles. The summed E-state index contributed by atoms with van der Waals surface area (Å²) in [6.07, 6.45) is 0. The first-order valence-electron chi connectivity index (χ1n) is 13.4. The van der Waals surface area contributed by atoms with Crippen LogP contribution in [0.15, 0.2) is 115 Å². The fourth-order valence-electron chi connectivity index (χ4n) is 5.96. The first-order valence-corrected chi connectivity index (χ1v) is 13.4. The minimum Gasteiger partial charge on any atom is -0.427 e. The van der Waals surface area contributed by atoms with Gasteiger partial charge in [0.1, 0.15) is 0 Å². The van der Waals surface area contributed by atoms with Gasteiger partial charge in [-0.15, -0.1) is 0 Å². The Hall–Kier alpha value is -3.66. The Kier molecular flexibility index (Phi) is 5.83. The van der Waals surface area contributed by atoms with E-state index in [0.717, 1.165) is 5.46 Å². The predicted molar refractivity (Wildman–Crippen MR) is 159 cm³/mol. The molecule has 38 heavy (non-hydrogen) atoms. The molecular formula is C35H33BO2. The van der Waals surface area contributed by atoms with Crippen molar-refractivity contribution < 1.29 is 9.76 Å². The molecule has 188 valence electrons. The SMILES string of the molecule is CC(C)(O)C(C)(C)OBc1cc2ccccc2c2c1-c1ccccc1C2(c1ccccc1)c1ccccc1. The van der Waals surface area contributed by atoms with E-state index in [0.29, 0.717) is 7.48 Å². The zero-order chi connectivity index (χ0) is 26.5. The molecule has 0 bridgehead atoms. The average Bonchev–Trinajstić information content (AvgIpc) is 3.25. The normalized spacial score (nSPS) is 14.2. The molecule has 2 nitrogen and oxygen atoms in total. The molecule has 0 atom stereocenters. The van der Waals surface area contributed by atoms with Gasteiger partial charge in [-0.1, -0.05) is 115 Å². The highest BCUT2D eigenvalue weighted by Gasteiger charge is 2.48. The lowest BCUT2D eigenvalue weighted by Crippen LogP contribution is -2.49. The topological polar surface area (TPSA) is 29.5 Å². The Balaban J connectivity index is 1.73. The van der Waals surface area contributed by atoms with Crippen LogP contribution in [0.3, 0.4) is 0 Å². The molecule has 1 aliphatic rings. The zero-order valence-corrected chi connectivity index (χ0v) is 22.5. The third-order valence-electron chi connectivity index (χ3n) is 8.58. The highest BCUT2D eigenvalue weighted by Crippen LogP contribution is 2.57. The zero-order valence-electron chi connectivity index (χ0n) is 22.5. The number of rotatable bonds is 6. The van der Waals surface area contributed by atoms with Gasteiger partial charge in [-0.25, -0.2) is 0 Å². The highest BCUT2D eigenvalue weighted by atomic mass is 16.5. The molecule has 1 N–H and O–H groups in total. The van der Waals surface area contributed by atoms with Crippen molar-refractivity contribution in [2.24, 2.45) is 0 Å². The van der Waals surface area contributed by atoms with Crippen molar-refractivity contribution in [3.8, 4) is 11.1 Å². The van der Waals surface area contributed by atoms with Gasteiger partial charge in [0.25, 0.3) is 0 Å². The molecule has 0 saturated heterocycles. The smallest absolute Gasteiger partial charge is 0.310 e. The van der Waals surface area contributed by atoms with Crippen LogP contribution in [0.25, 0.3) is 21.9 Å². The number of hydrogen-bond donors (Lipinski definition) is 1. The van der Waals surface area contributed by atoms with Gasteiger partial charge in [0.2, 0.25) is 0 Å². The largest absolute Gasteiger partial charge is 0.427 e. The summed E-state index contributed by atoms with van der Waals surface area (Å²) < 4.78 is 6.50. The Morgan fingerprint density at radius 1 is 0.684 bits per heavy atom. The second kappa shape index (κ2) is 8.98. The number of hydrogen-bond acceptors (Lipinski definition) is 2. The second-order valence-electron chi connectivity index (χ2n) is 11.4. The minimum absolute atomic E-state index is 0.401. The van der Waals surface area contributed by atoms with E-state index in [-0.39, 0.29) is 0 Å². The van der Waals surface area contributed by atoms with Crippen LogP contribution in [0.2, 0.25) is 0 Å². The first-order chi connectivity index (χ1) is 18.2. The minimum atomic E-state index is -0.983. The van der Waals surface area contributed by atoms with Gasteiger partial charge in [-0.2, -0.15) is 0 Å². The maximum absolute atomic E-state index is 10.8. The quantitative estimate of drug-likeness (QED) is 0.259. The van der Waals surface area contributed by atoms with Gasteiger partial charge >= 0.3 is 7.48 Å². The molecule has 0 amide bonds. The molecule has 0 unspecified atom stereocenters. The molecule has 0 fully saturated rings. The fraction of sp³-hybridized carbons (Fsp3) is 0.200. The predicted octanol–water partition coefficient (Wildman–Crippen LogP) is 6.75. The van der Waals surface area contributed by atoms with E-state index >= 15 is 0 Å². The van der Waals surface area contributed by atoms with Crippen molar-refractivity contribution in [3.05, 3.63) is 138 Å². The van der Waals surface area contributed by atoms with E-state index < -0.39 is 16.6 Å². The van der Waals surface area contributed by atoms with Crippen LogP contribution >= 0.6 is 0 Å². The molecule has 1 aliphatic carbocycles. The summed E-state index contributed by atoms with van der Waals surface area (Å²) in [5, 5.41) is 13.2. The molecule has 0 radical (unpaired) electrons. The Morgan fingerprint density at radius 2 is 1.24 bits per heavy atom. The van der Waals surface area contributed by atoms with Crippen molar-refractivity contribution in [1.29, 1.82) is 0 Å². The van der Waals surface area contributed by atoms with Gasteiger partial charge in [-0.3, -0.25) is 0 Å². The molecule has 3 heteroatoms. The van der Waals surface area contributed by atoms with Gasteiger partial charge in [-0.05, 0) is 77.3 Å². The summed E-state index contributed by atoms with van der Waals surface area (Å²) in [7, 11) is 0.401. The van der Waals surface area contributed by atoms with E-state index in [1.165, 1.54) is 44.2 Å². The van der Waals surface area contributed by atoms with Crippen LogP contribution in [0.5, 0.6) is 0 Å². The third kappa shape index (κ3) is 3.65. The fourth-order valence-corrected chi connectivity index (χ4v) is 5.96. The first kappa shape index (κ1) is 24.7. The summed E-state index contributed by atoms with van der Waals surface area (Å²) in [6.45, 7) is 7.53. The van der Waals surface area contributed by atoms with Crippen molar-refractivity contribution in [1.82, 2.24) is 0 Å². The molecular weight excluding hydrogens is 463 g/mol. The van der Waals surface area contributed by atoms with Gasteiger partial charge < -0.3 is 9.76 Å². The number of fused-ring (bicyclic) bond motifs is 5. The standard InChI is InChI=1S/C35H33BO2/c1-33(2,37)34(3,4)38-36-30-23-24-15-11-12-20-27(24)32-31(30)28-21-13-14-22-29(28)35(32,25-16-7-5-8-17-25)26-18-9-6-10-19-26/h5-23,36-37H,1-4H3. The summed E-state index contributed by atoms with van der Waals surface area (Å²) in [5.41, 5.74) is 6.50. The van der Waals surface area contributed by atoms with E-state index in [1.807, 2.05) is 27.7 Å². The Bertz CT molecular complexity index is 1580. The van der Waals surface area contributed by atoms with Gasteiger partial charge in [0, 0.05) is 0 Å². The summed E-state index contributed by atoms with van der Waals surface area (Å²) in [6, 6.07) is 41.6. The lowest BCUT2D eigenvalue weighted by atomic mass is 9.66. The van der Waals surface area contributed by atoms with Crippen molar-refractivity contribution >= 4 is 23.7 Å². The summed E-state index contributed by atoms with van der Waals surface area (Å²) >= 11 is 0. The van der Waals surface area contributed by atoms with E-state index in [9.17, 15) is 5.11 Å². The summed E-state index contributed by atoms with van der Waals surface area (Å²) in [4.78, 5) is 0. The lowest BCUT2D eigenvalue weighted by molar-refractivity contribution is -0.0893. The van der Waals surface area contributed by atoms with Gasteiger partial charge in [0.15, 0.2) is 0 Å². The molecule has 5 aromatic rings. The second-order valence-corrected chi connectivity index (χ2v) is 11.4. The van der Waals surface area contributed by atoms with Crippen LogP contribution in [0.1, 0.15) is 49.9 Å². The van der Waals surface area contributed by atoms with Crippen LogP contribution in [0, 0.1) is 0 Å². The molecule has 0 spiro atoms. The molecule has 5 aromatic carbocycles. The van der Waals surface area contributed by atoms with E-state index in [1.54, 1.807) is 0 Å². The molecule has 0 aromatic heterocycles. The lowest BCUT2D eigenvalue weighted by Gasteiger charge is -2.38. The van der Waals surface area contributed by atoms with Gasteiger partial charge in [0.05, 0.1) is 16.6 Å². The molecule has 0 aliphatic heterocycles. The number of aliphatic hydroxyl groups is 1. The average molecular weight is 496 g/mol.